The van der Waals surface area contributed by atoms with E-state index in [1.165, 1.54) is 5.57 Å². The molecule has 1 saturated heterocycles. The maximum Gasteiger partial charge on any atom is 0.164 e. The summed E-state index contributed by atoms with van der Waals surface area (Å²) in [6.07, 6.45) is 5.68. The molecule has 4 rings (SSSR count). The molecule has 2 fully saturated rings. The molecule has 0 unspecified atom stereocenters. The molecule has 4 heteroatoms. The second-order valence-corrected chi connectivity index (χ2v) is 10.5. The molecule has 4 aliphatic rings. The highest BCUT2D eigenvalue weighted by Gasteiger charge is 2.62. The number of aliphatic hydroxyl groups is 2. The first kappa shape index (κ1) is 19.6. The van der Waals surface area contributed by atoms with Crippen LogP contribution in [0.2, 0.25) is 0 Å². The molecular formula is C23H36O4. The summed E-state index contributed by atoms with van der Waals surface area (Å²) in [7, 11) is 0. The number of hydrogen-bond acceptors (Lipinski definition) is 4. The molecule has 0 bridgehead atoms. The van der Waals surface area contributed by atoms with Gasteiger partial charge in [0.2, 0.25) is 0 Å². The molecule has 152 valence electrons. The van der Waals surface area contributed by atoms with E-state index in [0.717, 1.165) is 36.8 Å². The lowest BCUT2D eigenvalue weighted by Gasteiger charge is -2.41. The highest BCUT2D eigenvalue weighted by molar-refractivity contribution is 5.45. The minimum atomic E-state index is -0.569. The van der Waals surface area contributed by atoms with Crippen LogP contribution in [-0.4, -0.2) is 40.9 Å². The third kappa shape index (κ3) is 2.78. The predicted octanol–water partition coefficient (Wildman–Crippen LogP) is 3.97. The van der Waals surface area contributed by atoms with Crippen molar-refractivity contribution in [3.8, 4) is 0 Å². The van der Waals surface area contributed by atoms with E-state index in [1.54, 1.807) is 0 Å². The van der Waals surface area contributed by atoms with Crippen LogP contribution in [0.15, 0.2) is 22.8 Å². The second-order valence-electron chi connectivity index (χ2n) is 10.5. The fraction of sp³-hybridized carbons (Fsp3) is 0.826. The summed E-state index contributed by atoms with van der Waals surface area (Å²) < 4.78 is 12.8. The summed E-state index contributed by atoms with van der Waals surface area (Å²) in [5.74, 6) is 0.332. The average Bonchev–Trinajstić information content (AvgIpc) is 2.93. The zero-order valence-electron chi connectivity index (χ0n) is 17.7. The minimum Gasteiger partial charge on any atom is -0.392 e. The number of allylic oxidation sites excluding steroid dienone is 2. The first-order chi connectivity index (χ1) is 12.5. The lowest BCUT2D eigenvalue weighted by molar-refractivity contribution is -0.162. The fourth-order valence-corrected chi connectivity index (χ4v) is 6.58. The Kier molecular flexibility index (Phi) is 4.48. The van der Waals surface area contributed by atoms with Crippen molar-refractivity contribution in [2.45, 2.75) is 91.3 Å². The molecule has 1 heterocycles. The first-order valence-electron chi connectivity index (χ1n) is 10.6. The van der Waals surface area contributed by atoms with Gasteiger partial charge in [-0.2, -0.15) is 0 Å². The number of ether oxygens (including phenoxy) is 2. The summed E-state index contributed by atoms with van der Waals surface area (Å²) in [5, 5.41) is 20.5. The highest BCUT2D eigenvalue weighted by atomic mass is 16.8. The maximum atomic E-state index is 10.5. The Morgan fingerprint density at radius 3 is 2.44 bits per heavy atom. The van der Waals surface area contributed by atoms with Crippen molar-refractivity contribution in [2.24, 2.45) is 22.7 Å². The molecule has 6 atom stereocenters. The van der Waals surface area contributed by atoms with Gasteiger partial charge in [-0.1, -0.05) is 33.8 Å². The van der Waals surface area contributed by atoms with E-state index in [-0.39, 0.29) is 29.6 Å². The Bertz CT molecular complexity index is 690. The summed E-state index contributed by atoms with van der Waals surface area (Å²) in [4.78, 5) is 0. The molecule has 2 N–H and O–H groups in total. The lowest BCUT2D eigenvalue weighted by atomic mass is 9.65. The van der Waals surface area contributed by atoms with Gasteiger partial charge in [0.15, 0.2) is 5.79 Å². The molecule has 0 spiro atoms. The van der Waals surface area contributed by atoms with Gasteiger partial charge in [0.1, 0.15) is 6.10 Å². The summed E-state index contributed by atoms with van der Waals surface area (Å²) in [5.41, 5.74) is 3.32. The fourth-order valence-electron chi connectivity index (χ4n) is 6.58. The molecule has 1 saturated carbocycles. The van der Waals surface area contributed by atoms with Gasteiger partial charge in [-0.25, -0.2) is 0 Å². The molecular weight excluding hydrogens is 340 g/mol. The maximum absolute atomic E-state index is 10.5. The van der Waals surface area contributed by atoms with Crippen LogP contribution in [-0.2, 0) is 9.47 Å². The first-order valence-corrected chi connectivity index (χ1v) is 10.6. The third-order valence-corrected chi connectivity index (χ3v) is 7.94. The third-order valence-electron chi connectivity index (χ3n) is 7.94. The Morgan fingerprint density at radius 1 is 1.11 bits per heavy atom. The monoisotopic (exact) mass is 376 g/mol. The van der Waals surface area contributed by atoms with E-state index >= 15 is 0 Å². The van der Waals surface area contributed by atoms with Crippen molar-refractivity contribution in [3.63, 3.8) is 0 Å². The Hall–Kier alpha value is -0.680. The molecule has 0 radical (unpaired) electrons. The van der Waals surface area contributed by atoms with Gasteiger partial charge in [0, 0.05) is 0 Å². The van der Waals surface area contributed by atoms with E-state index in [9.17, 15) is 10.2 Å². The molecule has 1 aliphatic heterocycles. The molecule has 0 aromatic heterocycles. The van der Waals surface area contributed by atoms with Crippen molar-refractivity contribution in [3.05, 3.63) is 22.8 Å². The van der Waals surface area contributed by atoms with Crippen molar-refractivity contribution in [1.82, 2.24) is 0 Å². The zero-order valence-corrected chi connectivity index (χ0v) is 17.7. The Labute approximate surface area is 163 Å². The van der Waals surface area contributed by atoms with Crippen LogP contribution in [0.4, 0.5) is 0 Å². The highest BCUT2D eigenvalue weighted by Crippen LogP contribution is 2.63. The molecule has 27 heavy (non-hydrogen) atoms. The second kappa shape index (κ2) is 6.16. The Morgan fingerprint density at radius 2 is 1.81 bits per heavy atom. The number of fused-ring (bicyclic) bond motifs is 4. The lowest BCUT2D eigenvalue weighted by Crippen LogP contribution is -2.37. The van der Waals surface area contributed by atoms with Gasteiger partial charge in [0.25, 0.3) is 0 Å². The zero-order chi connectivity index (χ0) is 19.8. The summed E-state index contributed by atoms with van der Waals surface area (Å²) in [6.45, 7) is 13.2. The smallest absolute Gasteiger partial charge is 0.164 e. The van der Waals surface area contributed by atoms with Crippen molar-refractivity contribution in [1.29, 1.82) is 0 Å². The van der Waals surface area contributed by atoms with Gasteiger partial charge in [-0.3, -0.25) is 0 Å². The van der Waals surface area contributed by atoms with E-state index in [2.05, 4.69) is 33.8 Å². The largest absolute Gasteiger partial charge is 0.392 e. The number of hydrogen-bond donors (Lipinski definition) is 2. The van der Waals surface area contributed by atoms with Crippen LogP contribution in [0, 0.1) is 22.7 Å². The van der Waals surface area contributed by atoms with Crippen LogP contribution in [0.25, 0.3) is 0 Å². The van der Waals surface area contributed by atoms with Crippen LogP contribution >= 0.6 is 0 Å². The van der Waals surface area contributed by atoms with E-state index in [1.807, 2.05) is 13.8 Å². The normalized spacial score (nSPS) is 46.0. The quantitative estimate of drug-likeness (QED) is 0.766. The van der Waals surface area contributed by atoms with Gasteiger partial charge < -0.3 is 19.7 Å². The van der Waals surface area contributed by atoms with Crippen LogP contribution in [0.5, 0.6) is 0 Å². The van der Waals surface area contributed by atoms with Crippen molar-refractivity contribution >= 4 is 0 Å². The van der Waals surface area contributed by atoms with Crippen LogP contribution < -0.4 is 0 Å². The molecule has 0 aromatic rings. The number of aliphatic hydroxyl groups excluding tert-OH is 2. The van der Waals surface area contributed by atoms with Gasteiger partial charge >= 0.3 is 0 Å². The summed E-state index contributed by atoms with van der Waals surface area (Å²) in [6, 6.07) is 0. The Balaban J connectivity index is 1.90. The van der Waals surface area contributed by atoms with Gasteiger partial charge in [0.05, 0.1) is 18.8 Å². The molecule has 0 aromatic carbocycles. The molecule has 3 aliphatic carbocycles. The average molecular weight is 377 g/mol. The van der Waals surface area contributed by atoms with Gasteiger partial charge in [-0.15, -0.1) is 0 Å². The van der Waals surface area contributed by atoms with Crippen molar-refractivity contribution < 1.29 is 19.7 Å². The van der Waals surface area contributed by atoms with E-state index in [4.69, 9.17) is 9.47 Å². The minimum absolute atomic E-state index is 0.0175. The topological polar surface area (TPSA) is 58.9 Å². The number of rotatable bonds is 2. The van der Waals surface area contributed by atoms with Crippen LogP contribution in [0.3, 0.4) is 0 Å². The van der Waals surface area contributed by atoms with Gasteiger partial charge in [-0.05, 0) is 78.9 Å². The van der Waals surface area contributed by atoms with Crippen LogP contribution in [0.1, 0.15) is 67.2 Å². The predicted molar refractivity (Wildman–Crippen MR) is 105 cm³/mol. The SMILES string of the molecule is CC(C)[C@H]1[C@@H]2OC(C)(C)O[C@@H]2C2=CC3=C(CO)[C@H](O)CC[C@@]3(C)CC[C@@]21C. The molecule has 4 nitrogen and oxygen atoms in total. The summed E-state index contributed by atoms with van der Waals surface area (Å²) >= 11 is 0. The van der Waals surface area contributed by atoms with Crippen molar-refractivity contribution in [2.75, 3.05) is 6.61 Å². The standard InChI is InChI=1S/C23H36O4/c1-13(2)18-20-19(26-21(3,4)27-20)16-11-15-14(12-24)17(25)7-8-22(15,5)9-10-23(16,18)6/h11,13,17-20,24-25H,7-10,12H2,1-6H3/t17-,18+,19-,20+,22+,23+/m1/s1. The van der Waals surface area contributed by atoms with E-state index < -0.39 is 11.9 Å². The molecule has 0 amide bonds. The van der Waals surface area contributed by atoms with E-state index in [0.29, 0.717) is 11.8 Å².